The second-order valence-electron chi connectivity index (χ2n) is 15.6. The van der Waals surface area contributed by atoms with Crippen molar-refractivity contribution < 1.29 is 29.8 Å². The first-order valence-corrected chi connectivity index (χ1v) is 18.1. The van der Waals surface area contributed by atoms with Gasteiger partial charge in [-0.2, -0.15) is 0 Å². The minimum atomic E-state index is -1.59. The summed E-state index contributed by atoms with van der Waals surface area (Å²) >= 11 is 0. The van der Waals surface area contributed by atoms with Crippen LogP contribution in [0, 0.1) is 28.6 Å². The van der Waals surface area contributed by atoms with Crippen LogP contribution >= 0.6 is 0 Å². The van der Waals surface area contributed by atoms with Gasteiger partial charge in [0.15, 0.2) is 0 Å². The molecule has 10 heteroatoms. The maximum absolute atomic E-state index is 13.1. The van der Waals surface area contributed by atoms with Gasteiger partial charge in [-0.05, 0) is 95.6 Å². The number of piperidine rings is 1. The molecule has 6 aliphatic rings. The van der Waals surface area contributed by atoms with E-state index in [1.54, 1.807) is 0 Å². The van der Waals surface area contributed by atoms with Crippen LogP contribution in [0.1, 0.15) is 96.8 Å². The molecule has 4 saturated carbocycles. The number of aliphatic hydroxyl groups excluding tert-OH is 1. The Morgan fingerprint density at radius 3 is 2.67 bits per heavy atom. The lowest BCUT2D eigenvalue weighted by Crippen LogP contribution is -3.19. The molecule has 0 aromatic rings. The van der Waals surface area contributed by atoms with Crippen LogP contribution < -0.4 is 26.4 Å². The summed E-state index contributed by atoms with van der Waals surface area (Å²) in [7, 11) is 1.98. The predicted octanol–water partition coefficient (Wildman–Crippen LogP) is 0.272. The Kier molecular flexibility index (Phi) is 10.0. The van der Waals surface area contributed by atoms with Crippen molar-refractivity contribution in [3.8, 4) is 0 Å². The summed E-state index contributed by atoms with van der Waals surface area (Å²) in [5, 5.41) is 42.1. The lowest BCUT2D eigenvalue weighted by molar-refractivity contribution is -0.829. The molecule has 9 atom stereocenters. The van der Waals surface area contributed by atoms with Crippen molar-refractivity contribution >= 4 is 11.9 Å². The van der Waals surface area contributed by atoms with Gasteiger partial charge in [0, 0.05) is 35.4 Å². The molecule has 2 bridgehead atoms. The maximum atomic E-state index is 13.1. The highest BCUT2D eigenvalue weighted by Gasteiger charge is 2.75. The number of carboxylic acid groups (broad SMARTS) is 1. The van der Waals surface area contributed by atoms with Crippen molar-refractivity contribution in [1.82, 2.24) is 10.6 Å². The third kappa shape index (κ3) is 5.79. The number of aliphatic carboxylic acids is 1. The second-order valence-corrected chi connectivity index (χ2v) is 15.6. The number of nitrogens with zero attached hydrogens (tertiary/aromatic N) is 1. The predicted molar refractivity (Wildman–Crippen MR) is 171 cm³/mol. The molecule has 1 heterocycles. The molecule has 1 saturated heterocycles. The van der Waals surface area contributed by atoms with E-state index in [1.807, 2.05) is 7.05 Å². The molecule has 0 aromatic heterocycles. The average molecular weight is 630 g/mol. The van der Waals surface area contributed by atoms with E-state index in [0.717, 1.165) is 83.0 Å². The first-order chi connectivity index (χ1) is 21.7. The van der Waals surface area contributed by atoms with E-state index >= 15 is 0 Å². The fourth-order valence-electron chi connectivity index (χ4n) is 11.5. The Morgan fingerprint density at radius 1 is 1.13 bits per heavy atom. The smallest absolute Gasteiger partial charge is 0.293 e. The number of guanidine groups is 1. The van der Waals surface area contributed by atoms with E-state index in [1.165, 1.54) is 24.2 Å². The zero-order chi connectivity index (χ0) is 31.8. The highest BCUT2D eigenvalue weighted by atomic mass is 16.5. The molecular formula is C35H59N5O5. The number of likely N-dealkylation sites (tertiary alicyclic amines) is 1. The zero-order valence-corrected chi connectivity index (χ0v) is 27.7. The van der Waals surface area contributed by atoms with Crippen LogP contribution in [0.15, 0.2) is 16.1 Å². The van der Waals surface area contributed by atoms with E-state index in [-0.39, 0.29) is 42.1 Å². The molecule has 6 rings (SSSR count). The van der Waals surface area contributed by atoms with Crippen molar-refractivity contribution in [2.75, 3.05) is 46.4 Å². The lowest BCUT2D eigenvalue weighted by Gasteiger charge is -2.60. The number of quaternary nitrogens is 1. The zero-order valence-electron chi connectivity index (χ0n) is 27.7. The SMILES string of the molecule is CNC1CCCC(OCC2(O)CC34C(=C2C(=O)[O-])CC(CCC3C)C42C[NH+](C(N)=NC3CCCCC3)CCC2CNCCO)C1. The number of aliphatic imine (C=N–C) groups is 1. The van der Waals surface area contributed by atoms with E-state index in [2.05, 4.69) is 17.6 Å². The number of hydrogen-bond donors (Lipinski definition) is 6. The number of carbonyl (C=O) groups is 1. The van der Waals surface area contributed by atoms with Crippen LogP contribution in [0.2, 0.25) is 0 Å². The van der Waals surface area contributed by atoms with Crippen LogP contribution in [0.4, 0.5) is 0 Å². The number of aliphatic hydroxyl groups is 2. The van der Waals surface area contributed by atoms with E-state index in [4.69, 9.17) is 15.5 Å². The van der Waals surface area contributed by atoms with Gasteiger partial charge in [0.25, 0.3) is 5.96 Å². The van der Waals surface area contributed by atoms with Gasteiger partial charge in [-0.15, -0.1) is 0 Å². The summed E-state index contributed by atoms with van der Waals surface area (Å²) in [5.41, 5.74) is 5.58. The molecule has 5 fully saturated rings. The van der Waals surface area contributed by atoms with Gasteiger partial charge < -0.3 is 41.2 Å². The third-order valence-electron chi connectivity index (χ3n) is 13.4. The monoisotopic (exact) mass is 629 g/mol. The summed E-state index contributed by atoms with van der Waals surface area (Å²) in [5.74, 6) is 0.233. The number of hydrogen-bond acceptors (Lipinski definition) is 8. The Bertz CT molecular complexity index is 1140. The molecule has 0 radical (unpaired) electrons. The summed E-state index contributed by atoms with van der Waals surface area (Å²) in [4.78, 5) is 19.4. The van der Waals surface area contributed by atoms with Gasteiger partial charge in [-0.1, -0.05) is 31.8 Å². The Morgan fingerprint density at radius 2 is 1.93 bits per heavy atom. The van der Waals surface area contributed by atoms with E-state index < -0.39 is 17.0 Å². The van der Waals surface area contributed by atoms with Crippen LogP contribution in [0.25, 0.3) is 0 Å². The van der Waals surface area contributed by atoms with Gasteiger partial charge in [-0.3, -0.25) is 4.90 Å². The van der Waals surface area contributed by atoms with Crippen LogP contribution in [-0.4, -0.2) is 92.4 Å². The quantitative estimate of drug-likeness (QED) is 0.114. The van der Waals surface area contributed by atoms with Crippen molar-refractivity contribution in [2.24, 2.45) is 39.3 Å². The molecule has 1 aliphatic heterocycles. The number of nitrogens with one attached hydrogen (secondary N) is 3. The summed E-state index contributed by atoms with van der Waals surface area (Å²) < 4.78 is 6.44. The summed E-state index contributed by atoms with van der Waals surface area (Å²) in [6, 6.07) is 0.674. The normalized spacial score (nSPS) is 42.4. The van der Waals surface area contributed by atoms with Crippen molar-refractivity contribution in [3.63, 3.8) is 0 Å². The molecule has 5 aliphatic carbocycles. The molecule has 7 N–H and O–H groups in total. The highest BCUT2D eigenvalue weighted by molar-refractivity contribution is 5.90. The lowest BCUT2D eigenvalue weighted by atomic mass is 9.45. The third-order valence-corrected chi connectivity index (χ3v) is 13.4. The number of nitrogens with two attached hydrogens (primary N) is 1. The maximum Gasteiger partial charge on any atom is 0.293 e. The fraction of sp³-hybridized carbons (Fsp3) is 0.886. The van der Waals surface area contributed by atoms with Crippen molar-refractivity contribution in [2.45, 2.75) is 121 Å². The van der Waals surface area contributed by atoms with Gasteiger partial charge >= 0.3 is 0 Å². The molecule has 254 valence electrons. The fourth-order valence-corrected chi connectivity index (χ4v) is 11.5. The van der Waals surface area contributed by atoms with E-state index in [9.17, 15) is 20.1 Å². The van der Waals surface area contributed by atoms with Crippen LogP contribution in [0.5, 0.6) is 0 Å². The second kappa shape index (κ2) is 13.5. The first-order valence-electron chi connectivity index (χ1n) is 18.1. The van der Waals surface area contributed by atoms with Crippen molar-refractivity contribution in [3.05, 3.63) is 11.1 Å². The Balaban J connectivity index is 1.37. The molecule has 0 aromatic carbocycles. The average Bonchev–Trinajstić information content (AvgIpc) is 3.39. The number of rotatable bonds is 10. The first kappa shape index (κ1) is 33.3. The van der Waals surface area contributed by atoms with E-state index in [0.29, 0.717) is 43.3 Å². The summed E-state index contributed by atoms with van der Waals surface area (Å²) in [6.45, 7) is 5.33. The number of carbonyl (C=O) groups excluding carboxylic acids is 1. The molecule has 10 nitrogen and oxygen atoms in total. The molecule has 9 unspecified atom stereocenters. The van der Waals surface area contributed by atoms with Gasteiger partial charge in [0.2, 0.25) is 0 Å². The van der Waals surface area contributed by atoms with Crippen LogP contribution in [-0.2, 0) is 9.53 Å². The van der Waals surface area contributed by atoms with Gasteiger partial charge in [0.05, 0.1) is 44.4 Å². The summed E-state index contributed by atoms with van der Waals surface area (Å²) in [6.07, 6.45) is 13.9. The minimum absolute atomic E-state index is 0.00231. The van der Waals surface area contributed by atoms with Crippen LogP contribution in [0.3, 0.4) is 0 Å². The molecular weight excluding hydrogens is 570 g/mol. The topological polar surface area (TPSA) is 157 Å². The van der Waals surface area contributed by atoms with Crippen molar-refractivity contribution in [1.29, 1.82) is 0 Å². The highest BCUT2D eigenvalue weighted by Crippen LogP contribution is 2.76. The van der Waals surface area contributed by atoms with Gasteiger partial charge in [-0.25, -0.2) is 4.99 Å². The minimum Gasteiger partial charge on any atom is -0.545 e. The largest absolute Gasteiger partial charge is 0.545 e. The molecule has 2 spiro atoms. The number of allylic oxidation sites excluding steroid dienone is 1. The Labute approximate surface area is 269 Å². The van der Waals surface area contributed by atoms with Gasteiger partial charge in [0.1, 0.15) is 5.60 Å². The number of ether oxygens (including phenoxy) is 1. The standard InChI is InChI=1S/C35H59N5O5/c1-23-11-12-24-17-29-30(31(42)43)33(44,22-45-28-10-6-9-27(18-28)37-2)20-34(23,29)35(24)21-40(15-13-25(35)19-38-14-16-41)32(36)39-26-7-4-3-5-8-26/h23-28,37-38,41,44H,3-22H2,1-2H3,(H2,36,39)(H,42,43). The molecule has 0 amide bonds. The number of carboxylic acids is 1. The molecule has 45 heavy (non-hydrogen) atoms. The Hall–Kier alpha value is -1.56.